The van der Waals surface area contributed by atoms with Crippen molar-refractivity contribution in [1.82, 2.24) is 9.66 Å². The van der Waals surface area contributed by atoms with Gasteiger partial charge < -0.3 is 0 Å². The van der Waals surface area contributed by atoms with Crippen molar-refractivity contribution >= 4 is 16.7 Å². The number of hydrogen-bond donors (Lipinski definition) is 0. The number of aromatic nitrogens is 2. The molecular formula is C16H19N3O2. The Morgan fingerprint density at radius 2 is 2.05 bits per heavy atom. The van der Waals surface area contributed by atoms with E-state index in [4.69, 9.17) is 0 Å². The van der Waals surface area contributed by atoms with Gasteiger partial charge in [0.05, 0.1) is 16.9 Å². The van der Waals surface area contributed by atoms with Crippen LogP contribution in [0, 0.1) is 0 Å². The van der Waals surface area contributed by atoms with Crippen LogP contribution in [0.5, 0.6) is 0 Å². The lowest BCUT2D eigenvalue weighted by atomic mass is 10.0. The van der Waals surface area contributed by atoms with Crippen LogP contribution in [-0.4, -0.2) is 27.0 Å². The van der Waals surface area contributed by atoms with Crippen LogP contribution >= 0.6 is 0 Å². The van der Waals surface area contributed by atoms with Crippen LogP contribution in [0.25, 0.3) is 10.9 Å². The second-order valence-corrected chi connectivity index (χ2v) is 5.74. The molecule has 0 bridgehead atoms. The summed E-state index contributed by atoms with van der Waals surface area (Å²) in [5.74, 6) is 0.757. The molecule has 1 aromatic heterocycles. The van der Waals surface area contributed by atoms with Crippen LogP contribution in [0.3, 0.4) is 0 Å². The molecule has 1 fully saturated rings. The Balaban J connectivity index is 2.27. The zero-order valence-corrected chi connectivity index (χ0v) is 12.8. The normalized spacial score (nSPS) is 24.4. The Morgan fingerprint density at radius 3 is 2.62 bits per heavy atom. The van der Waals surface area contributed by atoms with Gasteiger partial charge in [-0.1, -0.05) is 19.1 Å². The van der Waals surface area contributed by atoms with E-state index in [2.05, 4.69) is 4.98 Å². The number of rotatable bonds is 3. The first-order valence-electron chi connectivity index (χ1n) is 7.24. The standard InChI is InChI=1S/C16H19N3O2/c1-5-14-17-13-9-7-6-8-12(13)15(21)18(14)19-10(2)16(19,4)11(3)20/h6-10H,5H2,1-4H3/t10-,16+,19?/m1/s1. The number of para-hydroxylation sites is 1. The number of nitrogens with zero attached hydrogens (tertiary/aromatic N) is 3. The van der Waals surface area contributed by atoms with E-state index in [1.165, 1.54) is 0 Å². The van der Waals surface area contributed by atoms with E-state index < -0.39 is 5.54 Å². The van der Waals surface area contributed by atoms with Crippen molar-refractivity contribution in [3.05, 3.63) is 40.4 Å². The minimum Gasteiger partial charge on any atom is -0.297 e. The van der Waals surface area contributed by atoms with Gasteiger partial charge in [0.2, 0.25) is 0 Å². The summed E-state index contributed by atoms with van der Waals surface area (Å²) < 4.78 is 1.59. The number of aryl methyl sites for hydroxylation is 1. The third kappa shape index (κ3) is 1.73. The molecule has 0 unspecified atom stereocenters. The molecule has 21 heavy (non-hydrogen) atoms. The number of ketones is 1. The molecule has 2 heterocycles. The predicted octanol–water partition coefficient (Wildman–Crippen LogP) is 1.65. The van der Waals surface area contributed by atoms with E-state index in [9.17, 15) is 9.59 Å². The fraction of sp³-hybridized carbons (Fsp3) is 0.438. The molecule has 5 nitrogen and oxygen atoms in total. The lowest BCUT2D eigenvalue weighted by molar-refractivity contribution is -0.118. The Morgan fingerprint density at radius 1 is 1.38 bits per heavy atom. The van der Waals surface area contributed by atoms with Crippen molar-refractivity contribution in [3.8, 4) is 0 Å². The van der Waals surface area contributed by atoms with Gasteiger partial charge in [0, 0.05) is 6.42 Å². The Kier molecular flexibility index (Phi) is 2.90. The molecule has 0 spiro atoms. The van der Waals surface area contributed by atoms with Crippen LogP contribution in [0.4, 0.5) is 0 Å². The van der Waals surface area contributed by atoms with E-state index in [1.54, 1.807) is 17.7 Å². The minimum atomic E-state index is -0.613. The average Bonchev–Trinajstić information content (AvgIpc) is 3.02. The number of Topliss-reactive ketones (excluding diaryl/α,β-unsaturated/α-hetero) is 1. The summed E-state index contributed by atoms with van der Waals surface area (Å²) in [7, 11) is 0. The first-order chi connectivity index (χ1) is 9.92. The van der Waals surface area contributed by atoms with Crippen LogP contribution in [-0.2, 0) is 11.2 Å². The largest absolute Gasteiger partial charge is 0.297 e. The monoisotopic (exact) mass is 285 g/mol. The van der Waals surface area contributed by atoms with Gasteiger partial charge >= 0.3 is 0 Å². The Labute approximate surface area is 123 Å². The molecule has 1 saturated heterocycles. The summed E-state index contributed by atoms with van der Waals surface area (Å²) in [5.41, 5.74) is -0.0124. The maximum Gasteiger partial charge on any atom is 0.280 e. The predicted molar refractivity (Wildman–Crippen MR) is 82.1 cm³/mol. The highest BCUT2D eigenvalue weighted by molar-refractivity contribution is 5.94. The second kappa shape index (κ2) is 4.41. The third-order valence-electron chi connectivity index (χ3n) is 4.65. The van der Waals surface area contributed by atoms with Gasteiger partial charge in [0.25, 0.3) is 5.56 Å². The topological polar surface area (TPSA) is 55.0 Å². The van der Waals surface area contributed by atoms with Crippen molar-refractivity contribution in [2.75, 3.05) is 5.01 Å². The molecular weight excluding hydrogens is 266 g/mol. The van der Waals surface area contributed by atoms with Crippen molar-refractivity contribution in [1.29, 1.82) is 0 Å². The molecule has 0 radical (unpaired) electrons. The maximum atomic E-state index is 12.8. The number of fused-ring (bicyclic) bond motifs is 1. The summed E-state index contributed by atoms with van der Waals surface area (Å²) >= 11 is 0. The van der Waals surface area contributed by atoms with Gasteiger partial charge in [-0.15, -0.1) is 0 Å². The summed E-state index contributed by atoms with van der Waals surface area (Å²) in [6.07, 6.45) is 0.636. The van der Waals surface area contributed by atoms with E-state index in [0.717, 1.165) is 0 Å². The zero-order valence-electron chi connectivity index (χ0n) is 12.8. The smallest absolute Gasteiger partial charge is 0.280 e. The summed E-state index contributed by atoms with van der Waals surface area (Å²) in [4.78, 5) is 29.3. The van der Waals surface area contributed by atoms with E-state index in [-0.39, 0.29) is 17.4 Å². The van der Waals surface area contributed by atoms with E-state index in [1.807, 2.05) is 44.0 Å². The van der Waals surface area contributed by atoms with Gasteiger partial charge in [-0.05, 0) is 32.9 Å². The molecule has 0 saturated carbocycles. The minimum absolute atomic E-state index is 0.000891. The number of benzene rings is 1. The zero-order chi connectivity index (χ0) is 15.4. The van der Waals surface area contributed by atoms with Gasteiger partial charge in [-0.2, -0.15) is 0 Å². The second-order valence-electron chi connectivity index (χ2n) is 5.74. The van der Waals surface area contributed by atoms with Gasteiger partial charge in [0.1, 0.15) is 11.4 Å². The van der Waals surface area contributed by atoms with E-state index >= 15 is 0 Å². The van der Waals surface area contributed by atoms with E-state index in [0.29, 0.717) is 23.1 Å². The quantitative estimate of drug-likeness (QED) is 0.805. The fourth-order valence-electron chi connectivity index (χ4n) is 2.99. The number of carbonyl (C=O) groups is 1. The van der Waals surface area contributed by atoms with Crippen molar-refractivity contribution < 1.29 is 4.79 Å². The number of hydrogen-bond acceptors (Lipinski definition) is 4. The molecule has 2 atom stereocenters. The molecule has 3 rings (SSSR count). The molecule has 0 aliphatic carbocycles. The summed E-state index contributed by atoms with van der Waals surface area (Å²) in [6, 6.07) is 7.33. The van der Waals surface area contributed by atoms with Crippen LogP contribution in [0.2, 0.25) is 0 Å². The highest BCUT2D eigenvalue weighted by Gasteiger charge is 2.61. The molecule has 1 aliphatic heterocycles. The van der Waals surface area contributed by atoms with Crippen molar-refractivity contribution in [3.63, 3.8) is 0 Å². The molecule has 110 valence electrons. The highest BCUT2D eigenvalue weighted by Crippen LogP contribution is 2.39. The van der Waals surface area contributed by atoms with Crippen LogP contribution < -0.4 is 10.6 Å². The van der Waals surface area contributed by atoms with Crippen molar-refractivity contribution in [2.45, 2.75) is 45.7 Å². The molecule has 1 aliphatic rings. The molecule has 5 heteroatoms. The summed E-state index contributed by atoms with van der Waals surface area (Å²) in [5, 5.41) is 2.43. The lowest BCUT2D eigenvalue weighted by Crippen LogP contribution is -2.38. The lowest BCUT2D eigenvalue weighted by Gasteiger charge is -2.17. The third-order valence-corrected chi connectivity index (χ3v) is 4.65. The molecule has 1 aromatic carbocycles. The van der Waals surface area contributed by atoms with Crippen molar-refractivity contribution in [2.24, 2.45) is 0 Å². The number of carbonyl (C=O) groups excluding carboxylic acids is 1. The highest BCUT2D eigenvalue weighted by atomic mass is 16.2. The average molecular weight is 285 g/mol. The summed E-state index contributed by atoms with van der Waals surface area (Å²) in [6.45, 7) is 7.37. The molecule has 2 aromatic rings. The van der Waals surface area contributed by atoms with Gasteiger partial charge in [-0.3, -0.25) is 14.6 Å². The first-order valence-corrected chi connectivity index (χ1v) is 7.24. The maximum absolute atomic E-state index is 12.8. The Bertz CT molecular complexity index is 796. The molecule has 0 N–H and O–H groups in total. The first kappa shape index (κ1) is 13.8. The van der Waals surface area contributed by atoms with Gasteiger partial charge in [-0.25, -0.2) is 9.66 Å². The van der Waals surface area contributed by atoms with Crippen LogP contribution in [0.1, 0.15) is 33.5 Å². The SMILES string of the molecule is CCc1nc2ccccc2c(=O)n1N1[C@H](C)[C@@]1(C)C(C)=O. The fourth-order valence-corrected chi connectivity index (χ4v) is 2.99. The van der Waals surface area contributed by atoms with Crippen LogP contribution in [0.15, 0.2) is 29.1 Å². The Hall–Kier alpha value is -2.17. The molecule has 0 amide bonds. The van der Waals surface area contributed by atoms with Gasteiger partial charge in [0.15, 0.2) is 5.78 Å².